The number of hydrogen-bond donors (Lipinski definition) is 0. The Kier molecular flexibility index (Phi) is 3.40. The number of hydrogen-bond acceptors (Lipinski definition) is 3. The Hall–Kier alpha value is -1.89. The third-order valence-corrected chi connectivity index (χ3v) is 1.88. The molecule has 0 aliphatic carbocycles. The number of halogens is 1. The summed E-state index contributed by atoms with van der Waals surface area (Å²) in [5, 5.41) is 8.66. The van der Waals surface area contributed by atoms with Crippen LogP contribution in [0.3, 0.4) is 0 Å². The van der Waals surface area contributed by atoms with Gasteiger partial charge >= 0.3 is 5.97 Å². The molecule has 0 aromatic heterocycles. The number of carbonyl (C=O) groups is 1. The molecule has 0 saturated carbocycles. The van der Waals surface area contributed by atoms with Gasteiger partial charge in [0.2, 0.25) is 0 Å². The van der Waals surface area contributed by atoms with Crippen LogP contribution >= 0.6 is 0 Å². The lowest BCUT2D eigenvalue weighted by Gasteiger charge is -2.05. The van der Waals surface area contributed by atoms with Crippen molar-refractivity contribution in [1.82, 2.24) is 0 Å². The molecule has 0 aliphatic heterocycles. The van der Waals surface area contributed by atoms with E-state index in [0.29, 0.717) is 0 Å². The fourth-order valence-electron chi connectivity index (χ4n) is 1.19. The van der Waals surface area contributed by atoms with Crippen LogP contribution in [0, 0.1) is 24.1 Å². The molecule has 0 N–H and O–H groups in total. The molecular weight excluding hydrogens is 197 g/mol. The highest BCUT2D eigenvalue weighted by atomic mass is 19.1. The van der Waals surface area contributed by atoms with Gasteiger partial charge in [-0.3, -0.25) is 0 Å². The van der Waals surface area contributed by atoms with Gasteiger partial charge in [0, 0.05) is 0 Å². The molecule has 3 nitrogen and oxygen atoms in total. The van der Waals surface area contributed by atoms with E-state index in [1.54, 1.807) is 6.92 Å². The molecule has 0 aliphatic rings. The van der Waals surface area contributed by atoms with E-state index < -0.39 is 11.8 Å². The van der Waals surface area contributed by atoms with Crippen molar-refractivity contribution in [1.29, 1.82) is 5.26 Å². The van der Waals surface area contributed by atoms with Crippen LogP contribution in [0.4, 0.5) is 4.39 Å². The second kappa shape index (κ2) is 4.56. The van der Waals surface area contributed by atoms with Crippen molar-refractivity contribution in [2.24, 2.45) is 0 Å². The van der Waals surface area contributed by atoms with Gasteiger partial charge in [0.05, 0.1) is 23.8 Å². The SMILES string of the molecule is CCOC(=O)c1cc(C#N)cc(C)c1F. The van der Waals surface area contributed by atoms with Gasteiger partial charge in [-0.25, -0.2) is 9.18 Å². The number of rotatable bonds is 2. The van der Waals surface area contributed by atoms with Crippen LogP contribution in [0.1, 0.15) is 28.4 Å². The van der Waals surface area contributed by atoms with E-state index in [2.05, 4.69) is 4.74 Å². The quantitative estimate of drug-likeness (QED) is 0.698. The Balaban J connectivity index is 3.23. The number of carbonyl (C=O) groups excluding carboxylic acids is 1. The lowest BCUT2D eigenvalue weighted by Crippen LogP contribution is -2.08. The van der Waals surface area contributed by atoms with Crippen molar-refractivity contribution in [3.05, 3.63) is 34.6 Å². The van der Waals surface area contributed by atoms with Gasteiger partial charge in [-0.15, -0.1) is 0 Å². The molecule has 0 unspecified atom stereocenters. The molecule has 1 aromatic rings. The van der Waals surface area contributed by atoms with E-state index in [4.69, 9.17) is 5.26 Å². The molecule has 0 fully saturated rings. The number of esters is 1. The molecule has 0 spiro atoms. The summed E-state index contributed by atoms with van der Waals surface area (Å²) >= 11 is 0. The highest BCUT2D eigenvalue weighted by Crippen LogP contribution is 2.16. The molecule has 0 saturated heterocycles. The Morgan fingerprint density at radius 2 is 2.27 bits per heavy atom. The minimum Gasteiger partial charge on any atom is -0.462 e. The molecule has 4 heteroatoms. The van der Waals surface area contributed by atoms with Gasteiger partial charge in [0.25, 0.3) is 0 Å². The zero-order chi connectivity index (χ0) is 11.4. The molecule has 0 heterocycles. The monoisotopic (exact) mass is 207 g/mol. The highest BCUT2D eigenvalue weighted by Gasteiger charge is 2.15. The molecule has 0 radical (unpaired) electrons. The summed E-state index contributed by atoms with van der Waals surface area (Å²) in [6, 6.07) is 4.44. The lowest BCUT2D eigenvalue weighted by molar-refractivity contribution is 0.0521. The third-order valence-electron chi connectivity index (χ3n) is 1.88. The van der Waals surface area contributed by atoms with Gasteiger partial charge in [-0.2, -0.15) is 5.26 Å². The van der Waals surface area contributed by atoms with Crippen LogP contribution in [0.15, 0.2) is 12.1 Å². The molecule has 1 rings (SSSR count). The highest BCUT2D eigenvalue weighted by molar-refractivity contribution is 5.90. The topological polar surface area (TPSA) is 50.1 Å². The fourth-order valence-corrected chi connectivity index (χ4v) is 1.19. The molecule has 15 heavy (non-hydrogen) atoms. The summed E-state index contributed by atoms with van der Waals surface area (Å²) in [5.41, 5.74) is 0.322. The van der Waals surface area contributed by atoms with Crippen LogP contribution < -0.4 is 0 Å². The molecule has 0 atom stereocenters. The molecular formula is C11H10FNO2. The number of benzene rings is 1. The van der Waals surface area contributed by atoms with Crippen LogP contribution in [0.25, 0.3) is 0 Å². The van der Waals surface area contributed by atoms with E-state index >= 15 is 0 Å². The van der Waals surface area contributed by atoms with Gasteiger partial charge in [0.1, 0.15) is 5.82 Å². The molecule has 0 amide bonds. The maximum Gasteiger partial charge on any atom is 0.341 e. The average Bonchev–Trinajstić information content (AvgIpc) is 2.22. The smallest absolute Gasteiger partial charge is 0.341 e. The lowest BCUT2D eigenvalue weighted by atomic mass is 10.1. The van der Waals surface area contributed by atoms with E-state index in [9.17, 15) is 9.18 Å². The molecule has 1 aromatic carbocycles. The predicted molar refractivity (Wildman–Crippen MR) is 51.8 cm³/mol. The van der Waals surface area contributed by atoms with E-state index in [0.717, 1.165) is 0 Å². The summed E-state index contributed by atoms with van der Waals surface area (Å²) in [7, 11) is 0. The fraction of sp³-hybridized carbons (Fsp3) is 0.273. The third kappa shape index (κ3) is 2.32. The molecule has 0 bridgehead atoms. The normalized spacial score (nSPS) is 9.47. The zero-order valence-corrected chi connectivity index (χ0v) is 8.50. The number of nitriles is 1. The second-order valence-electron chi connectivity index (χ2n) is 2.99. The Morgan fingerprint density at radius 3 is 2.80 bits per heavy atom. The predicted octanol–water partition coefficient (Wildman–Crippen LogP) is 2.18. The van der Waals surface area contributed by atoms with Crippen LogP contribution in [-0.4, -0.2) is 12.6 Å². The standard InChI is InChI=1S/C11H10FNO2/c1-3-15-11(14)9-5-8(6-13)4-7(2)10(9)12/h4-5H,3H2,1-2H3. The first-order valence-corrected chi connectivity index (χ1v) is 4.47. The first-order valence-electron chi connectivity index (χ1n) is 4.47. The van der Waals surface area contributed by atoms with Crippen molar-refractivity contribution in [2.75, 3.05) is 6.61 Å². The van der Waals surface area contributed by atoms with Gasteiger partial charge in [-0.05, 0) is 31.5 Å². The maximum atomic E-state index is 13.5. The summed E-state index contributed by atoms with van der Waals surface area (Å²) in [5.74, 6) is -1.37. The second-order valence-corrected chi connectivity index (χ2v) is 2.99. The summed E-state index contributed by atoms with van der Waals surface area (Å²) < 4.78 is 18.2. The van der Waals surface area contributed by atoms with Crippen LogP contribution in [-0.2, 0) is 4.74 Å². The minimum absolute atomic E-state index is 0.175. The van der Waals surface area contributed by atoms with Crippen molar-refractivity contribution < 1.29 is 13.9 Å². The van der Waals surface area contributed by atoms with Crippen LogP contribution in [0.5, 0.6) is 0 Å². The van der Waals surface area contributed by atoms with E-state index in [-0.39, 0.29) is 23.3 Å². The van der Waals surface area contributed by atoms with Crippen molar-refractivity contribution in [3.8, 4) is 6.07 Å². The van der Waals surface area contributed by atoms with E-state index in [1.807, 2.05) is 6.07 Å². The van der Waals surface area contributed by atoms with Crippen molar-refractivity contribution in [2.45, 2.75) is 13.8 Å². The van der Waals surface area contributed by atoms with E-state index in [1.165, 1.54) is 19.1 Å². The molecule has 78 valence electrons. The van der Waals surface area contributed by atoms with Gasteiger partial charge < -0.3 is 4.74 Å². The largest absolute Gasteiger partial charge is 0.462 e. The van der Waals surface area contributed by atoms with Crippen LogP contribution in [0.2, 0.25) is 0 Å². The van der Waals surface area contributed by atoms with Crippen molar-refractivity contribution >= 4 is 5.97 Å². The minimum atomic E-state index is -0.741. The van der Waals surface area contributed by atoms with Gasteiger partial charge in [0.15, 0.2) is 0 Å². The number of nitrogens with zero attached hydrogens (tertiary/aromatic N) is 1. The summed E-state index contributed by atoms with van der Waals surface area (Å²) in [6.45, 7) is 3.31. The zero-order valence-electron chi connectivity index (χ0n) is 8.50. The number of ether oxygens (including phenoxy) is 1. The average molecular weight is 207 g/mol. The maximum absolute atomic E-state index is 13.5. The Labute approximate surface area is 87.1 Å². The first kappa shape index (κ1) is 11.2. The first-order chi connectivity index (χ1) is 7.10. The summed E-state index contributed by atoms with van der Waals surface area (Å²) in [6.07, 6.45) is 0. The Morgan fingerprint density at radius 1 is 1.60 bits per heavy atom. The Bertz CT molecular complexity index is 435. The van der Waals surface area contributed by atoms with Crippen molar-refractivity contribution in [3.63, 3.8) is 0 Å². The van der Waals surface area contributed by atoms with Gasteiger partial charge in [-0.1, -0.05) is 0 Å². The summed E-state index contributed by atoms with van der Waals surface area (Å²) in [4.78, 5) is 11.3. The number of aryl methyl sites for hydroxylation is 1.